The minimum Gasteiger partial charge on any atom is -0.480 e. The van der Waals surface area contributed by atoms with Gasteiger partial charge < -0.3 is 26.2 Å². The van der Waals surface area contributed by atoms with Gasteiger partial charge in [-0.15, -0.1) is 0 Å². The highest BCUT2D eigenvalue weighted by molar-refractivity contribution is 5.99. The number of hydrogen-bond donors (Lipinski definition) is 6. The zero-order chi connectivity index (χ0) is 23.8. The van der Waals surface area contributed by atoms with E-state index in [-0.39, 0.29) is 19.0 Å². The summed E-state index contributed by atoms with van der Waals surface area (Å²) in [4.78, 5) is 34.8. The van der Waals surface area contributed by atoms with Gasteiger partial charge in [-0.3, -0.25) is 20.1 Å². The Hall–Kier alpha value is -3.35. The first-order valence-electron chi connectivity index (χ1n) is 11.3. The maximum absolute atomic E-state index is 12.9. The van der Waals surface area contributed by atoms with E-state index in [9.17, 15) is 14.7 Å². The van der Waals surface area contributed by atoms with Crippen LogP contribution in [-0.4, -0.2) is 65.0 Å². The molecule has 2 heterocycles. The number of nitrogens with two attached hydrogens (primary N) is 1. The van der Waals surface area contributed by atoms with Crippen molar-refractivity contribution in [3.8, 4) is 0 Å². The molecule has 13 nitrogen and oxygen atoms in total. The molecule has 1 aliphatic heterocycles. The van der Waals surface area contributed by atoms with Gasteiger partial charge >= 0.3 is 12.1 Å². The molecule has 0 radical (unpaired) electrons. The number of carboxylic acids is 1. The first-order chi connectivity index (χ1) is 15.9. The van der Waals surface area contributed by atoms with E-state index in [2.05, 4.69) is 33.0 Å². The number of carbonyl (C=O) groups is 2. The number of carbonyl (C=O) groups excluding carboxylic acids is 1. The molecule has 7 N–H and O–H groups in total. The van der Waals surface area contributed by atoms with Crippen LogP contribution in [0.25, 0.3) is 0 Å². The fraction of sp³-hybridized carbons (Fsp3) is 0.650. The smallest absolute Gasteiger partial charge is 0.416 e. The molecule has 2 aliphatic rings. The number of fused-ring (bicyclic) bond motifs is 1. The highest BCUT2D eigenvalue weighted by Gasteiger charge is 2.38. The third-order valence-electron chi connectivity index (χ3n) is 5.32. The van der Waals surface area contributed by atoms with Crippen molar-refractivity contribution in [2.24, 2.45) is 5.73 Å². The lowest BCUT2D eigenvalue weighted by Gasteiger charge is -2.24. The van der Waals surface area contributed by atoms with Gasteiger partial charge in [0.25, 0.3) is 0 Å². The van der Waals surface area contributed by atoms with E-state index >= 15 is 0 Å². The molecule has 1 aromatic heterocycles. The summed E-state index contributed by atoms with van der Waals surface area (Å²) in [6.07, 6.45) is 6.43. The average molecular weight is 464 g/mol. The fourth-order valence-electron chi connectivity index (χ4n) is 3.42. The number of nitrogens with one attached hydrogen (secondary N) is 4. The zero-order valence-corrected chi connectivity index (χ0v) is 18.8. The summed E-state index contributed by atoms with van der Waals surface area (Å²) < 4.78 is 5.46. The minimum atomic E-state index is -1.04. The van der Waals surface area contributed by atoms with Crippen molar-refractivity contribution < 1.29 is 19.4 Å². The van der Waals surface area contributed by atoms with Gasteiger partial charge in [-0.1, -0.05) is 19.8 Å². The summed E-state index contributed by atoms with van der Waals surface area (Å²) in [7, 11) is 0. The second kappa shape index (κ2) is 11.5. The van der Waals surface area contributed by atoms with Crippen LogP contribution in [0, 0.1) is 5.41 Å². The predicted molar refractivity (Wildman–Crippen MR) is 123 cm³/mol. The molecule has 3 rings (SSSR count). The second-order valence-corrected chi connectivity index (χ2v) is 8.13. The van der Waals surface area contributed by atoms with E-state index in [0.717, 1.165) is 32.1 Å². The summed E-state index contributed by atoms with van der Waals surface area (Å²) in [5.74, 6) is -0.268. The molecule has 182 valence electrons. The summed E-state index contributed by atoms with van der Waals surface area (Å²) in [5, 5.41) is 24.4. The molecule has 33 heavy (non-hydrogen) atoms. The van der Waals surface area contributed by atoms with Gasteiger partial charge in [0, 0.05) is 12.6 Å². The maximum Gasteiger partial charge on any atom is 0.416 e. The highest BCUT2D eigenvalue weighted by atomic mass is 16.6. The molecular weight excluding hydrogens is 430 g/mol. The van der Waals surface area contributed by atoms with E-state index < -0.39 is 18.1 Å². The van der Waals surface area contributed by atoms with E-state index in [0.29, 0.717) is 42.9 Å². The predicted octanol–water partition coefficient (Wildman–Crippen LogP) is 1.18. The molecule has 1 saturated carbocycles. The van der Waals surface area contributed by atoms with Crippen molar-refractivity contribution in [1.82, 2.24) is 20.7 Å². The number of anilines is 3. The van der Waals surface area contributed by atoms with Crippen LogP contribution in [0.2, 0.25) is 0 Å². The van der Waals surface area contributed by atoms with Crippen LogP contribution in [-0.2, 0) is 9.53 Å². The molecule has 0 bridgehead atoms. The van der Waals surface area contributed by atoms with Gasteiger partial charge in [0.15, 0.2) is 17.6 Å². The standard InChI is InChI=1S/C20H33N9O4/c1-2-3-4-10-33-20(32)28-12-29(27-14(18(30)31)6-5-9-23-19(21)22)17-15(28)16(24-11-25-17)26-13-7-8-13/h11,13-14,27H,2-10,12H2,1H3,(H,30,31)(H4,21,22,23)(H,24,25,26)/t14-/m1/s1. The molecule has 1 amide bonds. The molecule has 13 heteroatoms. The Balaban J connectivity index is 1.74. The number of carboxylic acid groups (broad SMARTS) is 1. The van der Waals surface area contributed by atoms with Gasteiger partial charge in [-0.25, -0.2) is 20.2 Å². The molecule has 0 saturated heterocycles. The molecule has 0 unspecified atom stereocenters. The Morgan fingerprint density at radius 1 is 1.33 bits per heavy atom. The van der Waals surface area contributed by atoms with Crippen molar-refractivity contribution in [2.45, 2.75) is 64.0 Å². The number of guanidine groups is 1. The highest BCUT2D eigenvalue weighted by Crippen LogP contribution is 2.40. The normalized spacial score (nSPS) is 15.7. The number of hydrogen-bond acceptors (Lipinski definition) is 9. The molecule has 1 atom stereocenters. The van der Waals surface area contributed by atoms with E-state index in [1.54, 1.807) is 5.01 Å². The monoisotopic (exact) mass is 463 g/mol. The lowest BCUT2D eigenvalue weighted by Crippen LogP contribution is -2.51. The summed E-state index contributed by atoms with van der Waals surface area (Å²) >= 11 is 0. The Labute approximate surface area is 192 Å². The second-order valence-electron chi connectivity index (χ2n) is 8.13. The van der Waals surface area contributed by atoms with Crippen molar-refractivity contribution in [1.29, 1.82) is 5.41 Å². The third-order valence-corrected chi connectivity index (χ3v) is 5.32. The lowest BCUT2D eigenvalue weighted by atomic mass is 10.1. The first-order valence-corrected chi connectivity index (χ1v) is 11.3. The van der Waals surface area contributed by atoms with Gasteiger partial charge in [0.1, 0.15) is 24.7 Å². The Kier molecular flexibility index (Phi) is 8.46. The quantitative estimate of drug-likeness (QED) is 0.140. The molecule has 1 fully saturated rings. The van der Waals surface area contributed by atoms with Crippen LogP contribution >= 0.6 is 0 Å². The first kappa shape index (κ1) is 24.3. The van der Waals surface area contributed by atoms with Crippen LogP contribution in [0.3, 0.4) is 0 Å². The fourth-order valence-corrected chi connectivity index (χ4v) is 3.42. The largest absolute Gasteiger partial charge is 0.480 e. The number of unbranched alkanes of at least 4 members (excludes halogenated alkanes) is 2. The van der Waals surface area contributed by atoms with Crippen molar-refractivity contribution >= 4 is 35.3 Å². The van der Waals surface area contributed by atoms with Gasteiger partial charge in [-0.05, 0) is 32.1 Å². The SMILES string of the molecule is CCCCCOC(=O)N1CN(N[C@H](CCCNC(=N)N)C(=O)O)c2ncnc(NC3CC3)c21. The number of amides is 1. The Morgan fingerprint density at radius 3 is 2.79 bits per heavy atom. The van der Waals surface area contributed by atoms with E-state index in [1.165, 1.54) is 11.2 Å². The summed E-state index contributed by atoms with van der Waals surface area (Å²) in [6, 6.07) is -0.629. The number of aliphatic carboxylic acids is 1. The molecule has 0 spiro atoms. The summed E-state index contributed by atoms with van der Waals surface area (Å²) in [5.41, 5.74) is 8.71. The Morgan fingerprint density at radius 2 is 2.12 bits per heavy atom. The summed E-state index contributed by atoms with van der Waals surface area (Å²) in [6.45, 7) is 2.80. The van der Waals surface area contributed by atoms with E-state index in [4.69, 9.17) is 15.9 Å². The van der Waals surface area contributed by atoms with Gasteiger partial charge in [0.05, 0.1) is 6.61 Å². The molecule has 1 aromatic rings. The van der Waals surface area contributed by atoms with Gasteiger partial charge in [-0.2, -0.15) is 0 Å². The number of nitrogens with zero attached hydrogens (tertiary/aromatic N) is 4. The number of rotatable bonds is 13. The topological polar surface area (TPSA) is 182 Å². The maximum atomic E-state index is 12.9. The average Bonchev–Trinajstić information content (AvgIpc) is 3.52. The van der Waals surface area contributed by atoms with Crippen molar-refractivity contribution in [3.05, 3.63) is 6.33 Å². The number of aromatic nitrogens is 2. The molecule has 1 aliphatic carbocycles. The minimum absolute atomic E-state index is 0.0372. The van der Waals surface area contributed by atoms with Crippen LogP contribution in [0.5, 0.6) is 0 Å². The van der Waals surface area contributed by atoms with Crippen LogP contribution in [0.15, 0.2) is 6.33 Å². The van der Waals surface area contributed by atoms with E-state index in [1.807, 2.05) is 0 Å². The van der Waals surface area contributed by atoms with Crippen molar-refractivity contribution in [3.63, 3.8) is 0 Å². The van der Waals surface area contributed by atoms with Crippen molar-refractivity contribution in [2.75, 3.05) is 35.0 Å². The molecule has 0 aromatic carbocycles. The zero-order valence-electron chi connectivity index (χ0n) is 18.8. The van der Waals surface area contributed by atoms with Crippen LogP contribution in [0.1, 0.15) is 51.9 Å². The number of ether oxygens (including phenoxy) is 1. The van der Waals surface area contributed by atoms with Crippen LogP contribution in [0.4, 0.5) is 22.1 Å². The Bertz CT molecular complexity index is 849. The molecular formula is C20H33N9O4. The lowest BCUT2D eigenvalue weighted by molar-refractivity contribution is -0.139. The van der Waals surface area contributed by atoms with Gasteiger partial charge in [0.2, 0.25) is 0 Å². The number of hydrazine groups is 1. The van der Waals surface area contributed by atoms with Crippen LogP contribution < -0.4 is 31.7 Å². The third kappa shape index (κ3) is 6.81.